The monoisotopic (exact) mass is 418 g/mol. The first-order valence-electron chi connectivity index (χ1n) is 7.95. The van der Waals surface area contributed by atoms with Crippen molar-refractivity contribution in [3.63, 3.8) is 0 Å². The molecule has 0 aromatic carbocycles. The van der Waals surface area contributed by atoms with E-state index in [0.717, 1.165) is 11.8 Å². The van der Waals surface area contributed by atoms with Crippen molar-refractivity contribution in [2.75, 3.05) is 6.54 Å². The molecule has 2 bridgehead atoms. The average Bonchev–Trinajstić information content (AvgIpc) is 2.87. The first-order valence-corrected chi connectivity index (χ1v) is 9.31. The fourth-order valence-electron chi connectivity index (χ4n) is 2.61. The van der Waals surface area contributed by atoms with Gasteiger partial charge in [-0.25, -0.2) is 9.59 Å². The van der Waals surface area contributed by atoms with Crippen LogP contribution in [-0.4, -0.2) is 64.5 Å². The molecule has 0 unspecified atom stereocenters. The molecule has 0 spiro atoms. The van der Waals surface area contributed by atoms with Gasteiger partial charge in [0.05, 0.1) is 6.04 Å². The molecule has 2 aliphatic rings. The second kappa shape index (κ2) is 9.41. The molecule has 2 aliphatic heterocycles. The standard InChI is InChI=1S/C9H13N3O9S.C5H5N/c1-5(13)19-20-10-8(14)7-3-2-6-4-11(7)9(15)12(6)21-22(16,17)18;1-2-4-6-5-3-1/h6-7H,2-4H2,1H3,(H,10,14)(H,16,17,18);1-5H/t6-,7+;/m1./s1. The lowest BCUT2D eigenvalue weighted by atomic mass is 10.0. The van der Waals surface area contributed by atoms with Crippen molar-refractivity contribution < 1.29 is 41.5 Å². The number of amides is 3. The molecule has 2 fully saturated rings. The summed E-state index contributed by atoms with van der Waals surface area (Å²) in [4.78, 5) is 47.5. The highest BCUT2D eigenvalue weighted by molar-refractivity contribution is 7.80. The minimum Gasteiger partial charge on any atom is -0.309 e. The maximum Gasteiger partial charge on any atom is 0.418 e. The Morgan fingerprint density at radius 3 is 2.43 bits per heavy atom. The van der Waals surface area contributed by atoms with Gasteiger partial charge in [0.2, 0.25) is 0 Å². The normalized spacial score (nSPS) is 20.9. The summed E-state index contributed by atoms with van der Waals surface area (Å²) >= 11 is 0. The van der Waals surface area contributed by atoms with Crippen LogP contribution in [0.3, 0.4) is 0 Å². The first-order chi connectivity index (χ1) is 13.2. The quantitative estimate of drug-likeness (QED) is 0.365. The number of rotatable bonds is 5. The third-order valence-corrected chi connectivity index (χ3v) is 4.02. The van der Waals surface area contributed by atoms with Crippen LogP contribution >= 0.6 is 0 Å². The summed E-state index contributed by atoms with van der Waals surface area (Å²) in [5.41, 5.74) is 1.85. The van der Waals surface area contributed by atoms with Crippen LogP contribution in [0.5, 0.6) is 0 Å². The van der Waals surface area contributed by atoms with E-state index in [0.29, 0.717) is 5.06 Å². The number of urea groups is 1. The molecule has 28 heavy (non-hydrogen) atoms. The van der Waals surface area contributed by atoms with E-state index in [1.165, 1.54) is 0 Å². The maximum atomic E-state index is 12.0. The number of piperidine rings is 1. The van der Waals surface area contributed by atoms with Gasteiger partial charge < -0.3 is 4.90 Å². The highest BCUT2D eigenvalue weighted by Crippen LogP contribution is 2.30. The molecule has 2 N–H and O–H groups in total. The summed E-state index contributed by atoms with van der Waals surface area (Å²) in [5.74, 6) is -1.53. The molecular formula is C14H18N4O9S. The van der Waals surface area contributed by atoms with Gasteiger partial charge in [0.15, 0.2) is 0 Å². The lowest BCUT2D eigenvalue weighted by Gasteiger charge is -2.28. The number of hydrogen-bond donors (Lipinski definition) is 2. The van der Waals surface area contributed by atoms with E-state index in [9.17, 15) is 22.8 Å². The summed E-state index contributed by atoms with van der Waals surface area (Å²) in [6.07, 6.45) is 3.97. The van der Waals surface area contributed by atoms with Crippen LogP contribution in [0.2, 0.25) is 0 Å². The van der Waals surface area contributed by atoms with Gasteiger partial charge in [0.25, 0.3) is 5.91 Å². The highest BCUT2D eigenvalue weighted by Gasteiger charge is 2.49. The Labute approximate surface area is 159 Å². The zero-order valence-corrected chi connectivity index (χ0v) is 15.4. The van der Waals surface area contributed by atoms with Crippen LogP contribution in [0.25, 0.3) is 0 Å². The topological polar surface area (TPSA) is 165 Å². The van der Waals surface area contributed by atoms with Gasteiger partial charge in [0.1, 0.15) is 6.04 Å². The van der Waals surface area contributed by atoms with E-state index >= 15 is 0 Å². The number of hydroxylamine groups is 3. The fraction of sp³-hybridized carbons (Fsp3) is 0.429. The maximum absolute atomic E-state index is 12.0. The van der Waals surface area contributed by atoms with E-state index in [1.54, 1.807) is 12.4 Å². The third kappa shape index (κ3) is 6.12. The van der Waals surface area contributed by atoms with Crippen LogP contribution in [0.15, 0.2) is 30.6 Å². The molecule has 3 amide bonds. The van der Waals surface area contributed by atoms with Crippen LogP contribution < -0.4 is 5.48 Å². The van der Waals surface area contributed by atoms with Crippen molar-refractivity contribution in [1.29, 1.82) is 0 Å². The summed E-state index contributed by atoms with van der Waals surface area (Å²) in [5, 5.41) is 0.509. The molecule has 0 saturated carbocycles. The molecule has 2 atom stereocenters. The molecule has 0 aliphatic carbocycles. The van der Waals surface area contributed by atoms with Crippen molar-refractivity contribution in [3.05, 3.63) is 30.6 Å². The van der Waals surface area contributed by atoms with E-state index in [1.807, 2.05) is 23.7 Å². The molecule has 1 aromatic rings. The predicted octanol–water partition coefficient (Wildman–Crippen LogP) is -0.403. The number of aromatic nitrogens is 1. The zero-order valence-electron chi connectivity index (χ0n) is 14.6. The van der Waals surface area contributed by atoms with Crippen molar-refractivity contribution in [3.8, 4) is 0 Å². The number of pyridine rings is 1. The lowest BCUT2D eigenvalue weighted by molar-refractivity contribution is -0.301. The van der Waals surface area contributed by atoms with Crippen molar-refractivity contribution in [1.82, 2.24) is 20.4 Å². The molecule has 3 heterocycles. The van der Waals surface area contributed by atoms with Crippen molar-refractivity contribution in [2.45, 2.75) is 31.8 Å². The molecule has 0 radical (unpaired) electrons. The van der Waals surface area contributed by atoms with E-state index in [2.05, 4.69) is 19.1 Å². The molecular weight excluding hydrogens is 400 g/mol. The summed E-state index contributed by atoms with van der Waals surface area (Å²) in [7, 11) is -4.84. The largest absolute Gasteiger partial charge is 0.418 e. The first kappa shape index (κ1) is 21.5. The van der Waals surface area contributed by atoms with E-state index in [4.69, 9.17) is 4.55 Å². The van der Waals surface area contributed by atoms with Gasteiger partial charge in [-0.3, -0.25) is 19.2 Å². The highest BCUT2D eigenvalue weighted by atomic mass is 32.3. The van der Waals surface area contributed by atoms with Gasteiger partial charge in [-0.2, -0.15) is 19.0 Å². The number of nitrogens with zero attached hydrogens (tertiary/aromatic N) is 3. The van der Waals surface area contributed by atoms with Crippen molar-refractivity contribution >= 4 is 28.3 Å². The number of carbonyl (C=O) groups excluding carboxylic acids is 3. The second-order valence-corrected chi connectivity index (χ2v) is 6.66. The number of hydrogen-bond acceptors (Lipinski definition) is 9. The predicted molar refractivity (Wildman–Crippen MR) is 88.6 cm³/mol. The Morgan fingerprint density at radius 1 is 1.25 bits per heavy atom. The number of nitrogens with one attached hydrogen (secondary N) is 1. The SMILES string of the molecule is CC(=O)OONC(=O)[C@@H]1CC[C@@H]2CN1C(=O)N2OS(=O)(=O)O.c1ccncc1. The molecule has 2 saturated heterocycles. The average molecular weight is 418 g/mol. The molecule has 3 rings (SSSR count). The lowest BCUT2D eigenvalue weighted by Crippen LogP contribution is -2.49. The Morgan fingerprint density at radius 2 is 1.93 bits per heavy atom. The van der Waals surface area contributed by atoms with E-state index < -0.39 is 40.4 Å². The Hall–Kier alpha value is -2.81. The fourth-order valence-corrected chi connectivity index (χ4v) is 2.99. The summed E-state index contributed by atoms with van der Waals surface area (Å²) in [6.45, 7) is 1.10. The van der Waals surface area contributed by atoms with Gasteiger partial charge >= 0.3 is 22.4 Å². The van der Waals surface area contributed by atoms with Crippen molar-refractivity contribution in [2.24, 2.45) is 0 Å². The summed E-state index contributed by atoms with van der Waals surface area (Å²) in [6, 6.07) is 3.28. The molecule has 13 nitrogen and oxygen atoms in total. The molecule has 154 valence electrons. The van der Waals surface area contributed by atoms with Crippen LogP contribution in [-0.2, 0) is 34.1 Å². The molecule has 14 heteroatoms. The van der Waals surface area contributed by atoms with E-state index in [-0.39, 0.29) is 19.4 Å². The third-order valence-electron chi connectivity index (χ3n) is 3.67. The van der Waals surface area contributed by atoms with Gasteiger partial charge in [-0.1, -0.05) is 11.1 Å². The van der Waals surface area contributed by atoms with Crippen LogP contribution in [0.4, 0.5) is 4.79 Å². The minimum atomic E-state index is -4.84. The number of carbonyl (C=O) groups is 3. The van der Waals surface area contributed by atoms with Gasteiger partial charge in [-0.15, -0.1) is 4.28 Å². The zero-order chi connectivity index (χ0) is 20.7. The second-order valence-electron chi connectivity index (χ2n) is 5.66. The molecule has 1 aromatic heterocycles. The van der Waals surface area contributed by atoms with Crippen LogP contribution in [0, 0.1) is 0 Å². The van der Waals surface area contributed by atoms with Gasteiger partial charge in [0, 0.05) is 25.9 Å². The minimum absolute atomic E-state index is 0.0417. The van der Waals surface area contributed by atoms with Gasteiger partial charge in [-0.05, 0) is 25.0 Å². The summed E-state index contributed by atoms with van der Waals surface area (Å²) < 4.78 is 34.3. The smallest absolute Gasteiger partial charge is 0.309 e. The Kier molecular flexibility index (Phi) is 7.22. The number of fused-ring (bicyclic) bond motifs is 2. The Bertz CT molecular complexity index is 778. The van der Waals surface area contributed by atoms with Crippen LogP contribution in [0.1, 0.15) is 19.8 Å². The Balaban J connectivity index is 0.000000397.